The Morgan fingerprint density at radius 2 is 1.80 bits per heavy atom. The predicted molar refractivity (Wildman–Crippen MR) is 78.6 cm³/mol. The number of rotatable bonds is 3. The van der Waals surface area contributed by atoms with Gasteiger partial charge in [-0.1, -0.05) is 32.1 Å². The first-order chi connectivity index (χ1) is 9.78. The number of amides is 2. The minimum atomic E-state index is 0.155. The van der Waals surface area contributed by atoms with Crippen molar-refractivity contribution in [1.82, 2.24) is 10.2 Å². The van der Waals surface area contributed by atoms with Crippen LogP contribution in [0.2, 0.25) is 0 Å². The van der Waals surface area contributed by atoms with Crippen molar-refractivity contribution in [3.05, 3.63) is 0 Å². The monoisotopic (exact) mass is 280 g/mol. The lowest BCUT2D eigenvalue weighted by molar-refractivity contribution is 0.0502. The van der Waals surface area contributed by atoms with E-state index in [1.807, 2.05) is 4.90 Å². The van der Waals surface area contributed by atoms with Crippen LogP contribution in [0.3, 0.4) is 0 Å². The Hall–Kier alpha value is -0.770. The highest BCUT2D eigenvalue weighted by Gasteiger charge is 2.44. The van der Waals surface area contributed by atoms with Crippen LogP contribution >= 0.6 is 0 Å². The molecule has 0 aromatic carbocycles. The Morgan fingerprint density at radius 3 is 2.45 bits per heavy atom. The van der Waals surface area contributed by atoms with Crippen LogP contribution in [0.15, 0.2) is 0 Å². The van der Waals surface area contributed by atoms with Gasteiger partial charge in [0.05, 0.1) is 6.10 Å². The van der Waals surface area contributed by atoms with Crippen molar-refractivity contribution >= 4 is 6.03 Å². The molecule has 20 heavy (non-hydrogen) atoms. The van der Waals surface area contributed by atoms with Gasteiger partial charge in [-0.15, -0.1) is 0 Å². The Kier molecular flexibility index (Phi) is 4.49. The summed E-state index contributed by atoms with van der Waals surface area (Å²) in [5.41, 5.74) is 0. The molecule has 0 aromatic heterocycles. The second kappa shape index (κ2) is 6.33. The molecule has 2 atom stereocenters. The third-order valence-electron chi connectivity index (χ3n) is 5.47. The third-order valence-corrected chi connectivity index (χ3v) is 5.47. The molecular weight excluding hydrogens is 252 g/mol. The van der Waals surface area contributed by atoms with E-state index in [2.05, 4.69) is 5.32 Å². The van der Waals surface area contributed by atoms with Gasteiger partial charge in [-0.05, 0) is 31.1 Å². The molecule has 2 saturated carbocycles. The zero-order chi connectivity index (χ0) is 13.9. The van der Waals surface area contributed by atoms with Gasteiger partial charge in [0.1, 0.15) is 0 Å². The highest BCUT2D eigenvalue weighted by Crippen LogP contribution is 2.44. The van der Waals surface area contributed by atoms with Crippen molar-refractivity contribution < 1.29 is 9.53 Å². The number of hydrogen-bond donors (Lipinski definition) is 1. The summed E-state index contributed by atoms with van der Waals surface area (Å²) in [6.07, 6.45) is 10.5. The highest BCUT2D eigenvalue weighted by atomic mass is 16.5. The summed E-state index contributed by atoms with van der Waals surface area (Å²) in [5.74, 6) is 1.66. The molecule has 3 aliphatic rings. The molecular formula is C16H28N2O2. The maximum atomic E-state index is 12.2. The third kappa shape index (κ3) is 3.27. The fourth-order valence-corrected chi connectivity index (χ4v) is 4.01. The van der Waals surface area contributed by atoms with Crippen LogP contribution in [0.4, 0.5) is 4.79 Å². The Balaban J connectivity index is 1.39. The van der Waals surface area contributed by atoms with E-state index in [0.29, 0.717) is 12.1 Å². The first kappa shape index (κ1) is 14.2. The van der Waals surface area contributed by atoms with Gasteiger partial charge < -0.3 is 15.0 Å². The van der Waals surface area contributed by atoms with Gasteiger partial charge in [-0.25, -0.2) is 4.79 Å². The number of hydrogen-bond acceptors (Lipinski definition) is 2. The van der Waals surface area contributed by atoms with Crippen molar-refractivity contribution in [3.8, 4) is 0 Å². The summed E-state index contributed by atoms with van der Waals surface area (Å²) in [6.45, 7) is 1.68. The van der Waals surface area contributed by atoms with Crippen LogP contribution in [0.1, 0.15) is 51.4 Å². The average molecular weight is 280 g/mol. The lowest BCUT2D eigenvalue weighted by atomic mass is 9.85. The van der Waals surface area contributed by atoms with E-state index in [4.69, 9.17) is 4.74 Å². The molecule has 0 aromatic rings. The summed E-state index contributed by atoms with van der Waals surface area (Å²) >= 11 is 0. The molecule has 1 N–H and O–H groups in total. The fraction of sp³-hybridized carbons (Fsp3) is 0.938. The van der Waals surface area contributed by atoms with Crippen molar-refractivity contribution in [2.45, 2.75) is 63.5 Å². The number of urea groups is 1. The summed E-state index contributed by atoms with van der Waals surface area (Å²) in [5, 5.41) is 3.25. The molecule has 4 nitrogen and oxygen atoms in total. The fourth-order valence-electron chi connectivity index (χ4n) is 4.01. The molecule has 114 valence electrons. The molecule has 2 unspecified atom stereocenters. The van der Waals surface area contributed by atoms with Crippen molar-refractivity contribution in [1.29, 1.82) is 0 Å². The first-order valence-electron chi connectivity index (χ1n) is 8.36. The summed E-state index contributed by atoms with van der Waals surface area (Å²) in [4.78, 5) is 14.2. The number of likely N-dealkylation sites (tertiary alicyclic amines) is 1. The number of nitrogens with one attached hydrogen (secondary N) is 1. The Bertz CT molecular complexity index is 333. The minimum Gasteiger partial charge on any atom is -0.381 e. The number of carbonyl (C=O) groups is 1. The zero-order valence-electron chi connectivity index (χ0n) is 12.6. The van der Waals surface area contributed by atoms with E-state index in [9.17, 15) is 4.79 Å². The molecule has 1 aliphatic heterocycles. The zero-order valence-corrected chi connectivity index (χ0v) is 12.6. The van der Waals surface area contributed by atoms with Crippen molar-refractivity contribution in [2.75, 3.05) is 20.2 Å². The van der Waals surface area contributed by atoms with Crippen LogP contribution < -0.4 is 5.32 Å². The number of methoxy groups -OCH3 is 1. The molecule has 0 radical (unpaired) electrons. The van der Waals surface area contributed by atoms with Crippen LogP contribution in [0.25, 0.3) is 0 Å². The largest absolute Gasteiger partial charge is 0.381 e. The molecule has 1 heterocycles. The van der Waals surface area contributed by atoms with E-state index in [1.54, 1.807) is 7.11 Å². The van der Waals surface area contributed by atoms with E-state index < -0.39 is 0 Å². The normalized spacial score (nSPS) is 32.1. The molecule has 1 saturated heterocycles. The lowest BCUT2D eigenvalue weighted by Gasteiger charge is -2.31. The number of piperidine rings is 1. The van der Waals surface area contributed by atoms with Crippen molar-refractivity contribution in [3.63, 3.8) is 0 Å². The summed E-state index contributed by atoms with van der Waals surface area (Å²) in [7, 11) is 1.76. The van der Waals surface area contributed by atoms with Gasteiger partial charge in [0.2, 0.25) is 0 Å². The first-order valence-corrected chi connectivity index (χ1v) is 8.36. The molecule has 2 amide bonds. The lowest BCUT2D eigenvalue weighted by Crippen LogP contribution is -2.46. The molecule has 3 fully saturated rings. The van der Waals surface area contributed by atoms with Crippen molar-refractivity contribution in [2.24, 2.45) is 11.8 Å². The minimum absolute atomic E-state index is 0.155. The summed E-state index contributed by atoms with van der Waals surface area (Å²) < 4.78 is 5.35. The second-order valence-electron chi connectivity index (χ2n) is 6.78. The van der Waals surface area contributed by atoms with Crippen LogP contribution in [0.5, 0.6) is 0 Å². The van der Waals surface area contributed by atoms with Crippen LogP contribution in [-0.2, 0) is 4.74 Å². The van der Waals surface area contributed by atoms with E-state index in [1.165, 1.54) is 38.5 Å². The molecule has 3 rings (SSSR count). The molecule has 0 spiro atoms. The average Bonchev–Trinajstić information content (AvgIpc) is 3.27. The Labute approximate surface area is 122 Å². The molecule has 0 bridgehead atoms. The van der Waals surface area contributed by atoms with Crippen LogP contribution in [-0.4, -0.2) is 43.3 Å². The SMILES string of the molecule is COC1CCN(C(=O)NC2CC2C2CCCCC2)CC1. The second-order valence-corrected chi connectivity index (χ2v) is 6.78. The number of carbonyl (C=O) groups excluding carboxylic acids is 1. The maximum Gasteiger partial charge on any atom is 0.317 e. The predicted octanol–water partition coefficient (Wildman–Crippen LogP) is 2.78. The van der Waals surface area contributed by atoms with Gasteiger partial charge in [0.15, 0.2) is 0 Å². The van der Waals surface area contributed by atoms with E-state index in [-0.39, 0.29) is 6.03 Å². The smallest absolute Gasteiger partial charge is 0.317 e. The molecule has 4 heteroatoms. The van der Waals surface area contributed by atoms with E-state index in [0.717, 1.165) is 37.8 Å². The maximum absolute atomic E-state index is 12.2. The van der Waals surface area contributed by atoms with Gasteiger partial charge >= 0.3 is 6.03 Å². The molecule has 2 aliphatic carbocycles. The number of nitrogens with zero attached hydrogens (tertiary/aromatic N) is 1. The standard InChI is InChI=1S/C16H28N2O2/c1-20-13-7-9-18(10-8-13)16(19)17-15-11-14(15)12-5-3-2-4-6-12/h12-15H,2-11H2,1H3,(H,17,19). The summed E-state index contributed by atoms with van der Waals surface area (Å²) in [6, 6.07) is 0.619. The van der Waals surface area contributed by atoms with Gasteiger partial charge in [0, 0.05) is 26.2 Å². The quantitative estimate of drug-likeness (QED) is 0.863. The van der Waals surface area contributed by atoms with Gasteiger partial charge in [-0.2, -0.15) is 0 Å². The number of ether oxygens (including phenoxy) is 1. The Morgan fingerprint density at radius 1 is 1.10 bits per heavy atom. The van der Waals surface area contributed by atoms with Gasteiger partial charge in [0.25, 0.3) is 0 Å². The topological polar surface area (TPSA) is 41.6 Å². The highest BCUT2D eigenvalue weighted by molar-refractivity contribution is 5.75. The van der Waals surface area contributed by atoms with Crippen LogP contribution in [0, 0.1) is 11.8 Å². The van der Waals surface area contributed by atoms with E-state index >= 15 is 0 Å². The van der Waals surface area contributed by atoms with Gasteiger partial charge in [-0.3, -0.25) is 0 Å².